The fourth-order valence-electron chi connectivity index (χ4n) is 2.96. The van der Waals surface area contributed by atoms with Crippen LogP contribution < -0.4 is 19.5 Å². The minimum absolute atomic E-state index is 0.0719. The summed E-state index contributed by atoms with van der Waals surface area (Å²) in [6, 6.07) is 9.16. The number of hydrogen-bond donors (Lipinski definition) is 1. The maximum atomic E-state index is 12.2. The lowest BCUT2D eigenvalue weighted by molar-refractivity contribution is -0.384. The molecule has 0 aliphatic heterocycles. The van der Waals surface area contributed by atoms with Crippen LogP contribution in [-0.4, -0.2) is 40.8 Å². The number of non-ortho nitro benzene ring substituents is 1. The summed E-state index contributed by atoms with van der Waals surface area (Å²) in [4.78, 5) is 22.6. The maximum absolute atomic E-state index is 12.2. The van der Waals surface area contributed by atoms with Gasteiger partial charge in [-0.3, -0.25) is 20.2 Å². The first-order valence-electron chi connectivity index (χ1n) is 10.6. The van der Waals surface area contributed by atoms with Crippen LogP contribution >= 0.6 is 0 Å². The Kier molecular flexibility index (Phi) is 8.16. The molecule has 34 heavy (non-hydrogen) atoms. The summed E-state index contributed by atoms with van der Waals surface area (Å²) in [5, 5.41) is 21.2. The second-order valence-corrected chi connectivity index (χ2v) is 6.69. The van der Waals surface area contributed by atoms with Gasteiger partial charge in [-0.05, 0) is 44.5 Å². The summed E-state index contributed by atoms with van der Waals surface area (Å²) in [6.45, 7) is 6.82. The maximum Gasteiger partial charge on any atom is 0.322 e. The van der Waals surface area contributed by atoms with E-state index >= 15 is 0 Å². The van der Waals surface area contributed by atoms with Gasteiger partial charge in [0.25, 0.3) is 11.6 Å². The van der Waals surface area contributed by atoms with Gasteiger partial charge in [0.15, 0.2) is 11.5 Å². The molecule has 1 amide bonds. The Hall–Kier alpha value is -4.41. The highest BCUT2D eigenvalue weighted by Crippen LogP contribution is 2.41. The molecule has 0 radical (unpaired) electrons. The molecule has 0 saturated heterocycles. The lowest BCUT2D eigenvalue weighted by Gasteiger charge is -2.16. The van der Waals surface area contributed by atoms with Crippen LogP contribution in [0.25, 0.3) is 17.5 Å². The average Bonchev–Trinajstić information content (AvgIpc) is 3.28. The first kappa shape index (κ1) is 24.2. The van der Waals surface area contributed by atoms with Crippen LogP contribution in [0, 0.1) is 10.1 Å². The summed E-state index contributed by atoms with van der Waals surface area (Å²) in [6.07, 6.45) is 2.65. The third-order valence-corrected chi connectivity index (χ3v) is 4.32. The Morgan fingerprint density at radius 3 is 2.35 bits per heavy atom. The topological polar surface area (TPSA) is 139 Å². The Bertz CT molecular complexity index is 1160. The minimum atomic E-state index is -0.543. The smallest absolute Gasteiger partial charge is 0.322 e. The van der Waals surface area contributed by atoms with Crippen molar-refractivity contribution < 1.29 is 28.3 Å². The molecule has 1 N–H and O–H groups in total. The van der Waals surface area contributed by atoms with Gasteiger partial charge in [-0.2, -0.15) is 0 Å². The molecule has 0 saturated carbocycles. The van der Waals surface area contributed by atoms with Crippen molar-refractivity contribution in [2.75, 3.05) is 25.1 Å². The van der Waals surface area contributed by atoms with Gasteiger partial charge in [0.1, 0.15) is 0 Å². The van der Waals surface area contributed by atoms with Crippen molar-refractivity contribution in [3.05, 3.63) is 58.2 Å². The van der Waals surface area contributed by atoms with E-state index < -0.39 is 10.8 Å². The summed E-state index contributed by atoms with van der Waals surface area (Å²) in [7, 11) is 0. The molecule has 0 fully saturated rings. The predicted octanol–water partition coefficient (Wildman–Crippen LogP) is 4.49. The first-order chi connectivity index (χ1) is 16.4. The van der Waals surface area contributed by atoms with Crippen molar-refractivity contribution in [2.45, 2.75) is 20.8 Å². The summed E-state index contributed by atoms with van der Waals surface area (Å²) < 4.78 is 22.6. The van der Waals surface area contributed by atoms with Crippen LogP contribution in [0.2, 0.25) is 0 Å². The number of nitrogens with zero attached hydrogens (tertiary/aromatic N) is 3. The number of aromatic nitrogens is 2. The fraction of sp³-hybridized carbons (Fsp3) is 0.261. The monoisotopic (exact) mass is 468 g/mol. The Labute approximate surface area is 195 Å². The predicted molar refractivity (Wildman–Crippen MR) is 124 cm³/mol. The van der Waals surface area contributed by atoms with Gasteiger partial charge in [-0.15, -0.1) is 5.10 Å². The van der Waals surface area contributed by atoms with E-state index in [1.807, 2.05) is 20.8 Å². The number of hydrogen-bond acceptors (Lipinski definition) is 9. The molecule has 0 aliphatic rings. The molecular weight excluding hydrogens is 444 g/mol. The van der Waals surface area contributed by atoms with Gasteiger partial charge in [0.05, 0.1) is 24.7 Å². The lowest BCUT2D eigenvalue weighted by Crippen LogP contribution is -2.07. The van der Waals surface area contributed by atoms with Crippen molar-refractivity contribution in [2.24, 2.45) is 0 Å². The number of nitro groups is 1. The minimum Gasteiger partial charge on any atom is -0.490 e. The van der Waals surface area contributed by atoms with Crippen molar-refractivity contribution in [3.63, 3.8) is 0 Å². The van der Waals surface area contributed by atoms with E-state index in [0.29, 0.717) is 48.2 Å². The Balaban J connectivity index is 1.78. The van der Waals surface area contributed by atoms with Gasteiger partial charge >= 0.3 is 6.01 Å². The molecule has 1 heterocycles. The van der Waals surface area contributed by atoms with Crippen molar-refractivity contribution >= 4 is 23.7 Å². The lowest BCUT2D eigenvalue weighted by atomic mass is 10.2. The van der Waals surface area contributed by atoms with Crippen LogP contribution in [0.4, 0.5) is 11.7 Å². The third-order valence-electron chi connectivity index (χ3n) is 4.32. The zero-order chi connectivity index (χ0) is 24.5. The average molecular weight is 468 g/mol. The molecule has 0 unspecified atom stereocenters. The fourth-order valence-corrected chi connectivity index (χ4v) is 2.96. The van der Waals surface area contributed by atoms with Gasteiger partial charge in [-0.25, -0.2) is 0 Å². The highest BCUT2D eigenvalue weighted by Gasteiger charge is 2.19. The molecule has 178 valence electrons. The molecule has 3 rings (SSSR count). The zero-order valence-electron chi connectivity index (χ0n) is 18.9. The largest absolute Gasteiger partial charge is 0.490 e. The number of nitrogens with one attached hydrogen (secondary N) is 1. The number of ether oxygens (including phenoxy) is 3. The summed E-state index contributed by atoms with van der Waals surface area (Å²) in [5.74, 6) is 1.01. The van der Waals surface area contributed by atoms with E-state index in [1.165, 1.54) is 30.4 Å². The van der Waals surface area contributed by atoms with Crippen molar-refractivity contribution in [1.82, 2.24) is 10.2 Å². The summed E-state index contributed by atoms with van der Waals surface area (Å²) in [5.41, 5.74) is 0.949. The van der Waals surface area contributed by atoms with Gasteiger partial charge < -0.3 is 18.6 Å². The van der Waals surface area contributed by atoms with Crippen LogP contribution in [0.15, 0.2) is 46.9 Å². The number of carbonyl (C=O) groups excluding carboxylic acids is 1. The van der Waals surface area contributed by atoms with E-state index in [4.69, 9.17) is 18.6 Å². The van der Waals surface area contributed by atoms with Crippen molar-refractivity contribution in [3.8, 4) is 28.7 Å². The third kappa shape index (κ3) is 6.09. The molecular formula is C23H24N4O7. The van der Waals surface area contributed by atoms with Crippen LogP contribution in [0.5, 0.6) is 17.2 Å². The number of amides is 1. The first-order valence-corrected chi connectivity index (χ1v) is 10.6. The number of carbonyl (C=O) groups is 1. The summed E-state index contributed by atoms with van der Waals surface area (Å²) >= 11 is 0. The molecule has 0 spiro atoms. The number of anilines is 1. The Morgan fingerprint density at radius 1 is 1.06 bits per heavy atom. The van der Waals surface area contributed by atoms with E-state index in [0.717, 1.165) is 0 Å². The van der Waals surface area contributed by atoms with Crippen LogP contribution in [-0.2, 0) is 4.79 Å². The van der Waals surface area contributed by atoms with Gasteiger partial charge in [-0.1, -0.05) is 17.2 Å². The number of benzene rings is 2. The second-order valence-electron chi connectivity index (χ2n) is 6.69. The quantitative estimate of drug-likeness (QED) is 0.245. The number of nitro benzene ring substituents is 1. The highest BCUT2D eigenvalue weighted by atomic mass is 16.6. The van der Waals surface area contributed by atoms with E-state index in [2.05, 4.69) is 15.5 Å². The molecule has 11 heteroatoms. The van der Waals surface area contributed by atoms with Gasteiger partial charge in [0.2, 0.25) is 11.6 Å². The molecule has 2 aromatic carbocycles. The highest BCUT2D eigenvalue weighted by molar-refractivity contribution is 6.00. The van der Waals surface area contributed by atoms with Crippen LogP contribution in [0.1, 0.15) is 26.3 Å². The van der Waals surface area contributed by atoms with E-state index in [1.54, 1.807) is 18.2 Å². The number of rotatable bonds is 11. The SMILES string of the molecule is CCOc1cc(-c2nnc(NC(=O)C=Cc3cccc([N+](=O)[O-])c3)o2)cc(OCC)c1OCC. The molecule has 0 bridgehead atoms. The van der Waals surface area contributed by atoms with Crippen molar-refractivity contribution in [1.29, 1.82) is 0 Å². The molecule has 11 nitrogen and oxygen atoms in total. The van der Waals surface area contributed by atoms with Gasteiger partial charge in [0, 0.05) is 23.8 Å². The molecule has 0 atom stereocenters. The van der Waals surface area contributed by atoms with E-state index in [9.17, 15) is 14.9 Å². The van der Waals surface area contributed by atoms with E-state index in [-0.39, 0.29) is 17.6 Å². The normalized spacial score (nSPS) is 10.8. The molecule has 1 aromatic heterocycles. The standard InChI is InChI=1S/C23H24N4O7/c1-4-31-18-13-16(14-19(32-5-2)21(18)33-6-3)22-25-26-23(34-22)24-20(28)11-10-15-8-7-9-17(12-15)27(29)30/h7-14H,4-6H2,1-3H3,(H,24,26,28). The van der Waals surface area contributed by atoms with Crippen LogP contribution in [0.3, 0.4) is 0 Å². The molecule has 0 aliphatic carbocycles. The Morgan fingerprint density at radius 2 is 1.74 bits per heavy atom. The zero-order valence-corrected chi connectivity index (χ0v) is 18.9. The second kappa shape index (κ2) is 11.5. The molecule has 3 aromatic rings.